The van der Waals surface area contributed by atoms with Gasteiger partial charge < -0.3 is 63.4 Å². The second kappa shape index (κ2) is 26.4. The van der Waals surface area contributed by atoms with Gasteiger partial charge in [0.2, 0.25) is 0 Å². The van der Waals surface area contributed by atoms with Crippen molar-refractivity contribution in [3.63, 3.8) is 0 Å². The van der Waals surface area contributed by atoms with Crippen LogP contribution in [0.15, 0.2) is 35.4 Å². The largest absolute Gasteiger partial charge is 0.459 e. The molecule has 0 bridgehead atoms. The molecule has 440 valence electrons. The minimum Gasteiger partial charge on any atom is -0.459 e. The van der Waals surface area contributed by atoms with Crippen molar-refractivity contribution in [2.24, 2.45) is 17.8 Å². The Bertz CT molecular complexity index is 2290. The van der Waals surface area contributed by atoms with Gasteiger partial charge in [0.15, 0.2) is 22.4 Å². The fraction of sp³-hybridized carbons (Fsp3) is 0.839. The average molecular weight is 1110 g/mol. The van der Waals surface area contributed by atoms with Gasteiger partial charge in [-0.25, -0.2) is 17.5 Å². The van der Waals surface area contributed by atoms with Gasteiger partial charge in [-0.1, -0.05) is 51.0 Å². The molecule has 4 heterocycles. The van der Waals surface area contributed by atoms with Gasteiger partial charge in [-0.15, -0.1) is 5.10 Å². The highest BCUT2D eigenvalue weighted by atomic mass is 32.2. The first-order valence-electron chi connectivity index (χ1n) is 28.0. The molecular formula is C56H94FN5O14S. The Balaban J connectivity index is 1.22. The number of methoxy groups -OCH3 is 2. The molecule has 1 aromatic heterocycles. The molecule has 4 fully saturated rings. The number of alkyl halides is 1. The maximum Gasteiger partial charge on any atom is 0.311 e. The average Bonchev–Trinajstić information content (AvgIpc) is 4.13. The summed E-state index contributed by atoms with van der Waals surface area (Å²) in [5.74, 6) is -2.62. The molecular weight excluding hydrogens is 1020 g/mol. The highest BCUT2D eigenvalue weighted by Gasteiger charge is 2.52. The van der Waals surface area contributed by atoms with Crippen molar-refractivity contribution in [1.29, 1.82) is 0 Å². The van der Waals surface area contributed by atoms with Gasteiger partial charge in [0.25, 0.3) is 0 Å². The standard InChI is InChI=1S/C56H94FN5O14S/c1-15-45-56(10,67)50(63)37(6)61(12)31-33(2)28-54(8,66)52(35(4)48(36(5)53(65)74-45)75-47-29-55(9,71-14)51(64)38(7)73-47)76-46-27-41(26-34(3)72-46)60(11)25-24-40-32-62(59-58-40)44(30-57)49(70-13)39-20-22-43(23-21-39)77(68,69)42-18-16-17-19-42/h20-23,32-38,41-42,44-52,63-64,66-67H,15-19,24-31H2,1-14H3/t33-,34-,35+,36-,37-,38+,41+,44-,45-,46+,47+,48+,49-,50-,51+,52-,54-,55-,56-/m1/s1. The molecule has 0 spiro atoms. The molecule has 19 atom stereocenters. The Kier molecular flexibility index (Phi) is 21.8. The van der Waals surface area contributed by atoms with Crippen molar-refractivity contribution in [2.75, 3.05) is 48.1 Å². The molecule has 0 unspecified atom stereocenters. The number of carbonyl (C=O) groups is 1. The van der Waals surface area contributed by atoms with Crippen LogP contribution in [0.2, 0.25) is 0 Å². The molecule has 1 aromatic carbocycles. The lowest BCUT2D eigenvalue weighted by molar-refractivity contribution is -0.308. The molecule has 3 saturated heterocycles. The van der Waals surface area contributed by atoms with Gasteiger partial charge in [0, 0.05) is 70.8 Å². The number of ether oxygens (including phenoxy) is 7. The van der Waals surface area contributed by atoms with E-state index in [-0.39, 0.29) is 47.5 Å². The first kappa shape index (κ1) is 63.4. The number of hydrogen-bond donors (Lipinski definition) is 4. The predicted molar refractivity (Wildman–Crippen MR) is 286 cm³/mol. The van der Waals surface area contributed by atoms with E-state index < -0.39 is 119 Å². The van der Waals surface area contributed by atoms with Crippen LogP contribution < -0.4 is 0 Å². The second-order valence-electron chi connectivity index (χ2n) is 23.9. The Morgan fingerprint density at radius 3 is 2.21 bits per heavy atom. The van der Waals surface area contributed by atoms with E-state index in [0.717, 1.165) is 12.8 Å². The lowest BCUT2D eigenvalue weighted by Gasteiger charge is -2.48. The van der Waals surface area contributed by atoms with E-state index in [1.54, 1.807) is 65.1 Å². The zero-order valence-corrected chi connectivity index (χ0v) is 49.1. The molecule has 3 aliphatic heterocycles. The van der Waals surface area contributed by atoms with Crippen LogP contribution in [0, 0.1) is 17.8 Å². The van der Waals surface area contributed by atoms with Crippen molar-refractivity contribution in [1.82, 2.24) is 24.8 Å². The number of nitrogens with zero attached hydrogens (tertiary/aromatic N) is 5. The van der Waals surface area contributed by atoms with E-state index in [1.165, 1.54) is 25.8 Å². The van der Waals surface area contributed by atoms with Crippen molar-refractivity contribution < 1.29 is 71.2 Å². The summed E-state index contributed by atoms with van der Waals surface area (Å²) >= 11 is 0. The summed E-state index contributed by atoms with van der Waals surface area (Å²) < 4.78 is 87.4. The van der Waals surface area contributed by atoms with Crippen LogP contribution in [0.4, 0.5) is 4.39 Å². The summed E-state index contributed by atoms with van der Waals surface area (Å²) in [7, 11) is 3.41. The Morgan fingerprint density at radius 1 is 0.935 bits per heavy atom. The van der Waals surface area contributed by atoms with Crippen molar-refractivity contribution in [3.05, 3.63) is 41.7 Å². The van der Waals surface area contributed by atoms with Gasteiger partial charge in [0.1, 0.15) is 42.7 Å². The molecule has 6 rings (SSSR count). The number of carbonyl (C=O) groups excluding carboxylic acids is 1. The fourth-order valence-electron chi connectivity index (χ4n) is 12.7. The summed E-state index contributed by atoms with van der Waals surface area (Å²) in [5, 5.41) is 55.9. The number of benzene rings is 1. The number of rotatable bonds is 17. The van der Waals surface area contributed by atoms with Crippen molar-refractivity contribution >= 4 is 15.8 Å². The number of aliphatic hydroxyl groups excluding tert-OH is 2. The Hall–Kier alpha value is -2.77. The summed E-state index contributed by atoms with van der Waals surface area (Å²) in [5.41, 5.74) is -3.18. The molecule has 2 aromatic rings. The number of aliphatic hydroxyl groups is 4. The zero-order valence-electron chi connectivity index (χ0n) is 48.3. The molecule has 4 N–H and O–H groups in total. The fourth-order valence-corrected chi connectivity index (χ4v) is 14.6. The number of esters is 1. The summed E-state index contributed by atoms with van der Waals surface area (Å²) in [6, 6.07) is 5.06. The van der Waals surface area contributed by atoms with Crippen LogP contribution in [0.25, 0.3) is 0 Å². The first-order chi connectivity index (χ1) is 36.1. The Morgan fingerprint density at radius 2 is 1.60 bits per heavy atom. The maximum atomic E-state index is 14.9. The minimum absolute atomic E-state index is 0.0475. The van der Waals surface area contributed by atoms with Gasteiger partial charge in [-0.3, -0.25) is 4.79 Å². The number of cyclic esters (lactones) is 1. The van der Waals surface area contributed by atoms with Gasteiger partial charge in [-0.2, -0.15) is 0 Å². The van der Waals surface area contributed by atoms with Crippen LogP contribution in [0.1, 0.15) is 150 Å². The summed E-state index contributed by atoms with van der Waals surface area (Å²) in [6.07, 6.45) is -1.93. The van der Waals surface area contributed by atoms with Crippen LogP contribution in [0.3, 0.4) is 0 Å². The number of hydrogen-bond acceptors (Lipinski definition) is 18. The third-order valence-corrected chi connectivity index (χ3v) is 20.0. The molecule has 1 aliphatic carbocycles. The second-order valence-corrected chi connectivity index (χ2v) is 26.1. The van der Waals surface area contributed by atoms with E-state index in [9.17, 15) is 38.0 Å². The van der Waals surface area contributed by atoms with Gasteiger partial charge in [-0.05, 0) is 118 Å². The lowest BCUT2D eigenvalue weighted by atomic mass is 9.77. The van der Waals surface area contributed by atoms with Gasteiger partial charge >= 0.3 is 5.97 Å². The Labute approximate surface area is 457 Å². The number of likely N-dealkylation sites (N-methyl/N-ethyl adjacent to an activating group) is 2. The predicted octanol–water partition coefficient (Wildman–Crippen LogP) is 5.75. The minimum atomic E-state index is -3.46. The monoisotopic (exact) mass is 1110 g/mol. The number of sulfone groups is 1. The third-order valence-electron chi connectivity index (χ3n) is 17.7. The highest BCUT2D eigenvalue weighted by Crippen LogP contribution is 2.41. The van der Waals surface area contributed by atoms with Crippen molar-refractivity contribution in [2.45, 2.75) is 240 Å². The normalized spacial score (nSPS) is 38.7. The van der Waals surface area contributed by atoms with E-state index in [0.29, 0.717) is 56.5 Å². The maximum absolute atomic E-state index is 14.9. The van der Waals surface area contributed by atoms with Crippen LogP contribution in [-0.2, 0) is 54.2 Å². The van der Waals surface area contributed by atoms with E-state index >= 15 is 0 Å². The van der Waals surface area contributed by atoms with E-state index in [2.05, 4.69) is 15.2 Å². The number of halogens is 1. The van der Waals surface area contributed by atoms with E-state index in [4.69, 9.17) is 33.2 Å². The smallest absolute Gasteiger partial charge is 0.311 e. The molecule has 77 heavy (non-hydrogen) atoms. The summed E-state index contributed by atoms with van der Waals surface area (Å²) in [4.78, 5) is 18.9. The number of aromatic nitrogens is 3. The molecule has 0 radical (unpaired) electrons. The van der Waals surface area contributed by atoms with Crippen LogP contribution in [-0.4, -0.2) is 197 Å². The zero-order chi connectivity index (χ0) is 56.9. The molecule has 19 nitrogen and oxygen atoms in total. The van der Waals surface area contributed by atoms with Gasteiger partial charge in [0.05, 0.1) is 57.4 Å². The highest BCUT2D eigenvalue weighted by molar-refractivity contribution is 7.92. The lowest BCUT2D eigenvalue weighted by Crippen LogP contribution is -2.59. The molecule has 0 amide bonds. The molecule has 21 heteroatoms. The first-order valence-corrected chi connectivity index (χ1v) is 29.6. The summed E-state index contributed by atoms with van der Waals surface area (Å²) in [6.45, 7) is 18.0. The van der Waals surface area contributed by atoms with Crippen LogP contribution >= 0.6 is 0 Å². The SMILES string of the molecule is CC[C@H]1OC(=O)[C@H](C)[C@@H](O[C@H]2C[C@@](C)(OC)[C@@H](O)[C@H](C)O2)[C@H](C)[C@@H](O[C@H]2C[C@@H](N(C)CCc3cn([C@H](CF)[C@H](OC)c4ccc(S(=O)(=O)C5CCCC5)cc4)nn3)C[C@@H](C)O2)[C@](C)(O)C[C@@H](C)CN(C)[C@H](C)[C@@H](O)[C@]1(C)O. The third kappa shape index (κ3) is 14.7. The molecule has 4 aliphatic rings. The quantitative estimate of drug-likeness (QED) is 0.138. The van der Waals surface area contributed by atoms with Crippen molar-refractivity contribution in [3.8, 4) is 0 Å². The van der Waals surface area contributed by atoms with Crippen LogP contribution in [0.5, 0.6) is 0 Å². The molecule has 1 saturated carbocycles. The topological polar surface area (TPSA) is 234 Å². The van der Waals surface area contributed by atoms with E-state index in [1.807, 2.05) is 46.7 Å².